The summed E-state index contributed by atoms with van der Waals surface area (Å²) in [5.74, 6) is 0.784. The van der Waals surface area contributed by atoms with Gasteiger partial charge in [0.15, 0.2) is 5.96 Å². The Balaban J connectivity index is 0.00000400. The SMILES string of the molecule is CCCNC(=NCc1ccc([N+](=O)[O-])cc1)NCCC.I. The first-order valence-electron chi connectivity index (χ1n) is 6.92. The van der Waals surface area contributed by atoms with Gasteiger partial charge in [0.2, 0.25) is 0 Å². The van der Waals surface area contributed by atoms with E-state index in [2.05, 4.69) is 29.5 Å². The van der Waals surface area contributed by atoms with Crippen LogP contribution in [0.3, 0.4) is 0 Å². The molecule has 0 radical (unpaired) electrons. The molecule has 1 rings (SSSR count). The van der Waals surface area contributed by atoms with Crippen molar-refractivity contribution in [3.8, 4) is 0 Å². The van der Waals surface area contributed by atoms with Crippen molar-refractivity contribution >= 4 is 35.6 Å². The lowest BCUT2D eigenvalue weighted by atomic mass is 10.2. The van der Waals surface area contributed by atoms with Crippen LogP contribution in [-0.2, 0) is 6.54 Å². The van der Waals surface area contributed by atoms with Gasteiger partial charge in [-0.15, -0.1) is 24.0 Å². The molecular formula is C14H23IN4O2. The smallest absolute Gasteiger partial charge is 0.269 e. The molecular weight excluding hydrogens is 383 g/mol. The molecule has 0 saturated heterocycles. The second kappa shape index (κ2) is 11.3. The van der Waals surface area contributed by atoms with E-state index >= 15 is 0 Å². The van der Waals surface area contributed by atoms with Crippen molar-refractivity contribution in [2.45, 2.75) is 33.2 Å². The van der Waals surface area contributed by atoms with Crippen molar-refractivity contribution in [2.75, 3.05) is 13.1 Å². The fraction of sp³-hybridized carbons (Fsp3) is 0.500. The number of nitrogens with one attached hydrogen (secondary N) is 2. The van der Waals surface area contributed by atoms with Crippen LogP contribution >= 0.6 is 24.0 Å². The molecule has 2 N–H and O–H groups in total. The van der Waals surface area contributed by atoms with E-state index in [0.29, 0.717) is 6.54 Å². The molecule has 0 atom stereocenters. The van der Waals surface area contributed by atoms with Gasteiger partial charge in [0.25, 0.3) is 5.69 Å². The minimum atomic E-state index is -0.399. The molecule has 118 valence electrons. The van der Waals surface area contributed by atoms with Crippen LogP contribution in [0, 0.1) is 10.1 Å². The highest BCUT2D eigenvalue weighted by atomic mass is 127. The van der Waals surface area contributed by atoms with Gasteiger partial charge < -0.3 is 10.6 Å². The number of nitro groups is 1. The Morgan fingerprint density at radius 1 is 1.14 bits per heavy atom. The first-order valence-corrected chi connectivity index (χ1v) is 6.92. The molecule has 0 saturated carbocycles. The van der Waals surface area contributed by atoms with Crippen LogP contribution in [0.15, 0.2) is 29.3 Å². The molecule has 21 heavy (non-hydrogen) atoms. The third kappa shape index (κ3) is 7.84. The zero-order chi connectivity index (χ0) is 14.8. The normalized spacial score (nSPS) is 9.43. The third-order valence-electron chi connectivity index (χ3n) is 2.65. The van der Waals surface area contributed by atoms with Gasteiger partial charge in [0.05, 0.1) is 11.5 Å². The average Bonchev–Trinajstić information content (AvgIpc) is 2.47. The highest BCUT2D eigenvalue weighted by Gasteiger charge is 2.03. The van der Waals surface area contributed by atoms with Gasteiger partial charge in [0, 0.05) is 25.2 Å². The minimum Gasteiger partial charge on any atom is -0.356 e. The fourth-order valence-corrected chi connectivity index (χ4v) is 1.55. The van der Waals surface area contributed by atoms with E-state index in [-0.39, 0.29) is 29.7 Å². The Kier molecular flexibility index (Phi) is 10.6. The maximum Gasteiger partial charge on any atom is 0.269 e. The average molecular weight is 406 g/mol. The van der Waals surface area contributed by atoms with E-state index in [1.807, 2.05) is 0 Å². The Morgan fingerprint density at radius 3 is 2.10 bits per heavy atom. The Labute approximate surface area is 142 Å². The molecule has 6 nitrogen and oxygen atoms in total. The lowest BCUT2D eigenvalue weighted by Gasteiger charge is -2.11. The van der Waals surface area contributed by atoms with Gasteiger partial charge in [-0.3, -0.25) is 10.1 Å². The van der Waals surface area contributed by atoms with Gasteiger partial charge in [-0.25, -0.2) is 4.99 Å². The zero-order valence-corrected chi connectivity index (χ0v) is 14.8. The van der Waals surface area contributed by atoms with Gasteiger partial charge in [-0.05, 0) is 18.4 Å². The number of hydrogen-bond acceptors (Lipinski definition) is 3. The second-order valence-corrected chi connectivity index (χ2v) is 4.44. The monoisotopic (exact) mass is 406 g/mol. The first-order chi connectivity index (χ1) is 9.67. The number of aliphatic imine (C=N–C) groups is 1. The molecule has 7 heteroatoms. The lowest BCUT2D eigenvalue weighted by Crippen LogP contribution is -2.38. The molecule has 0 spiro atoms. The van der Waals surface area contributed by atoms with Gasteiger partial charge in [-0.1, -0.05) is 26.0 Å². The van der Waals surface area contributed by atoms with Crippen LogP contribution < -0.4 is 10.6 Å². The second-order valence-electron chi connectivity index (χ2n) is 4.44. The van der Waals surface area contributed by atoms with Crippen LogP contribution in [0.2, 0.25) is 0 Å². The number of halogens is 1. The summed E-state index contributed by atoms with van der Waals surface area (Å²) in [6.45, 7) is 6.44. The van der Waals surface area contributed by atoms with Crippen molar-refractivity contribution in [2.24, 2.45) is 4.99 Å². The van der Waals surface area contributed by atoms with E-state index in [4.69, 9.17) is 0 Å². The molecule has 0 amide bonds. The van der Waals surface area contributed by atoms with Gasteiger partial charge in [-0.2, -0.15) is 0 Å². The summed E-state index contributed by atoms with van der Waals surface area (Å²) in [6, 6.07) is 6.48. The highest BCUT2D eigenvalue weighted by molar-refractivity contribution is 14.0. The molecule has 0 aliphatic carbocycles. The van der Waals surface area contributed by atoms with Gasteiger partial charge >= 0.3 is 0 Å². The summed E-state index contributed by atoms with van der Waals surface area (Å²) in [5, 5.41) is 17.0. The van der Waals surface area contributed by atoms with Crippen molar-refractivity contribution in [1.29, 1.82) is 0 Å². The number of non-ortho nitro benzene ring substituents is 1. The molecule has 0 aromatic heterocycles. The van der Waals surface area contributed by atoms with Crippen molar-refractivity contribution < 1.29 is 4.92 Å². The lowest BCUT2D eigenvalue weighted by molar-refractivity contribution is -0.384. The molecule has 0 bridgehead atoms. The van der Waals surface area contributed by atoms with Crippen molar-refractivity contribution in [3.05, 3.63) is 39.9 Å². The number of benzene rings is 1. The zero-order valence-electron chi connectivity index (χ0n) is 12.5. The molecule has 0 aliphatic rings. The Morgan fingerprint density at radius 2 is 1.67 bits per heavy atom. The van der Waals surface area contributed by atoms with Crippen LogP contribution in [0.25, 0.3) is 0 Å². The standard InChI is InChI=1S/C14H22N4O2.HI/c1-3-9-15-14(16-10-4-2)17-11-12-5-7-13(8-6-12)18(19)20;/h5-8H,3-4,9-11H2,1-2H3,(H2,15,16,17);1H. The predicted molar refractivity (Wildman–Crippen MR) is 96.2 cm³/mol. The Hall–Kier alpha value is -1.38. The van der Waals surface area contributed by atoms with E-state index in [0.717, 1.165) is 37.5 Å². The predicted octanol–water partition coefficient (Wildman–Crippen LogP) is 3.07. The molecule has 0 aliphatic heterocycles. The van der Waals surface area contributed by atoms with E-state index in [1.54, 1.807) is 12.1 Å². The van der Waals surface area contributed by atoms with Crippen LogP contribution in [-0.4, -0.2) is 24.0 Å². The van der Waals surface area contributed by atoms with Crippen molar-refractivity contribution in [1.82, 2.24) is 10.6 Å². The number of rotatable bonds is 7. The summed E-state index contributed by atoms with van der Waals surface area (Å²) >= 11 is 0. The van der Waals surface area contributed by atoms with Crippen LogP contribution in [0.1, 0.15) is 32.3 Å². The summed E-state index contributed by atoms with van der Waals surface area (Å²) in [7, 11) is 0. The quantitative estimate of drug-likeness (QED) is 0.240. The minimum absolute atomic E-state index is 0. The van der Waals surface area contributed by atoms with Crippen LogP contribution in [0.4, 0.5) is 5.69 Å². The highest BCUT2D eigenvalue weighted by Crippen LogP contribution is 2.12. The molecule has 0 unspecified atom stereocenters. The number of hydrogen-bond donors (Lipinski definition) is 2. The maximum atomic E-state index is 10.6. The van der Waals surface area contributed by atoms with E-state index in [1.165, 1.54) is 12.1 Å². The largest absolute Gasteiger partial charge is 0.356 e. The maximum absolute atomic E-state index is 10.6. The molecule has 1 aromatic carbocycles. The number of nitrogens with zero attached hydrogens (tertiary/aromatic N) is 2. The van der Waals surface area contributed by atoms with E-state index < -0.39 is 4.92 Å². The fourth-order valence-electron chi connectivity index (χ4n) is 1.55. The third-order valence-corrected chi connectivity index (χ3v) is 2.65. The molecule has 0 fully saturated rings. The molecule has 0 heterocycles. The molecule has 1 aromatic rings. The van der Waals surface area contributed by atoms with Crippen LogP contribution in [0.5, 0.6) is 0 Å². The first kappa shape index (κ1) is 19.6. The number of guanidine groups is 1. The summed E-state index contributed by atoms with van der Waals surface area (Å²) in [5.41, 5.74) is 1.05. The van der Waals surface area contributed by atoms with E-state index in [9.17, 15) is 10.1 Å². The topological polar surface area (TPSA) is 79.6 Å². The summed E-state index contributed by atoms with van der Waals surface area (Å²) < 4.78 is 0. The number of nitro benzene ring substituents is 1. The van der Waals surface area contributed by atoms with Crippen molar-refractivity contribution in [3.63, 3.8) is 0 Å². The summed E-state index contributed by atoms with van der Waals surface area (Å²) in [6.07, 6.45) is 2.06. The van der Waals surface area contributed by atoms with Gasteiger partial charge in [0.1, 0.15) is 0 Å². The Bertz CT molecular complexity index is 439. The summed E-state index contributed by atoms with van der Waals surface area (Å²) in [4.78, 5) is 14.6.